The largest absolute Gasteiger partial charge is 0.495 e. The molecule has 1 atom stereocenters. The van der Waals surface area contributed by atoms with E-state index in [2.05, 4.69) is 50.4 Å². The van der Waals surface area contributed by atoms with Gasteiger partial charge in [0.15, 0.2) is 5.96 Å². The number of methoxy groups -OCH3 is 1. The van der Waals surface area contributed by atoms with Crippen LogP contribution in [0.3, 0.4) is 0 Å². The lowest BCUT2D eigenvalue weighted by Gasteiger charge is -2.38. The van der Waals surface area contributed by atoms with Crippen LogP contribution in [-0.2, 0) is 0 Å². The Kier molecular flexibility index (Phi) is 6.08. The van der Waals surface area contributed by atoms with Gasteiger partial charge in [-0.1, -0.05) is 30.3 Å². The summed E-state index contributed by atoms with van der Waals surface area (Å²) >= 11 is 0. The number of benzene rings is 2. The molecule has 1 unspecified atom stereocenters. The number of anilines is 1. The minimum Gasteiger partial charge on any atom is -0.495 e. The van der Waals surface area contributed by atoms with Crippen LogP contribution in [0.5, 0.6) is 11.5 Å². The van der Waals surface area contributed by atoms with Gasteiger partial charge in [0.1, 0.15) is 11.5 Å². The Hall–Kier alpha value is -2.89. The highest BCUT2D eigenvalue weighted by Gasteiger charge is 2.24. The molecule has 0 radical (unpaired) electrons. The van der Waals surface area contributed by atoms with Crippen molar-refractivity contribution in [1.82, 2.24) is 10.2 Å². The number of para-hydroxylation sites is 3. The Morgan fingerprint density at radius 1 is 1.10 bits per heavy atom. The van der Waals surface area contributed by atoms with Crippen molar-refractivity contribution in [2.45, 2.75) is 12.3 Å². The van der Waals surface area contributed by atoms with E-state index < -0.39 is 0 Å². The maximum Gasteiger partial charge on any atom is 0.193 e. The summed E-state index contributed by atoms with van der Waals surface area (Å²) in [5, 5.41) is 3.60. The molecule has 0 aliphatic carbocycles. The highest BCUT2D eigenvalue weighted by Crippen LogP contribution is 2.33. The topological polar surface area (TPSA) is 49.3 Å². The highest BCUT2D eigenvalue weighted by atomic mass is 16.5. The minimum atomic E-state index is 0.451. The van der Waals surface area contributed by atoms with Gasteiger partial charge in [0, 0.05) is 45.7 Å². The van der Waals surface area contributed by atoms with Crippen LogP contribution in [0.1, 0.15) is 17.9 Å². The molecule has 1 fully saturated rings. The predicted octanol–water partition coefficient (Wildman–Crippen LogP) is 2.96. The van der Waals surface area contributed by atoms with Crippen molar-refractivity contribution in [2.24, 2.45) is 4.99 Å². The number of piperazine rings is 1. The van der Waals surface area contributed by atoms with Crippen molar-refractivity contribution in [3.8, 4) is 11.5 Å². The maximum absolute atomic E-state index is 5.79. The molecule has 2 heterocycles. The van der Waals surface area contributed by atoms with E-state index in [0.717, 1.165) is 68.9 Å². The van der Waals surface area contributed by atoms with Crippen molar-refractivity contribution in [2.75, 3.05) is 58.4 Å². The molecule has 2 aliphatic rings. The molecular weight excluding hydrogens is 364 g/mol. The molecule has 1 N–H and O–H groups in total. The van der Waals surface area contributed by atoms with Crippen LogP contribution < -0.4 is 19.7 Å². The Balaban J connectivity index is 1.35. The number of hydrogen-bond acceptors (Lipinski definition) is 4. The van der Waals surface area contributed by atoms with Gasteiger partial charge in [-0.2, -0.15) is 0 Å². The van der Waals surface area contributed by atoms with Gasteiger partial charge in [-0.3, -0.25) is 4.99 Å². The molecule has 1 saturated heterocycles. The fourth-order valence-corrected chi connectivity index (χ4v) is 4.22. The third-order valence-corrected chi connectivity index (χ3v) is 5.81. The van der Waals surface area contributed by atoms with Gasteiger partial charge in [-0.05, 0) is 30.2 Å². The van der Waals surface area contributed by atoms with Gasteiger partial charge in [0.2, 0.25) is 0 Å². The van der Waals surface area contributed by atoms with Gasteiger partial charge in [0.25, 0.3) is 0 Å². The van der Waals surface area contributed by atoms with Crippen molar-refractivity contribution in [1.29, 1.82) is 0 Å². The van der Waals surface area contributed by atoms with E-state index in [9.17, 15) is 0 Å². The third kappa shape index (κ3) is 4.26. The number of nitrogens with zero attached hydrogens (tertiary/aromatic N) is 3. The van der Waals surface area contributed by atoms with E-state index in [1.165, 1.54) is 5.56 Å². The molecule has 0 saturated carbocycles. The van der Waals surface area contributed by atoms with Crippen LogP contribution in [-0.4, -0.2) is 64.3 Å². The predicted molar refractivity (Wildman–Crippen MR) is 117 cm³/mol. The van der Waals surface area contributed by atoms with Crippen LogP contribution in [0.25, 0.3) is 0 Å². The Morgan fingerprint density at radius 2 is 1.86 bits per heavy atom. The standard InChI is InChI=1S/C23H30N4O2/c1-24-23(25-17-18-11-16-29-21-9-5-3-7-19(18)21)27-14-12-26(13-15-27)20-8-4-6-10-22(20)28-2/h3-10,18H,11-17H2,1-2H3,(H,24,25). The van der Waals surface area contributed by atoms with E-state index in [0.29, 0.717) is 5.92 Å². The normalized spacial score (nSPS) is 19.4. The minimum absolute atomic E-state index is 0.451. The lowest BCUT2D eigenvalue weighted by molar-refractivity contribution is 0.266. The number of guanidine groups is 1. The Bertz CT molecular complexity index is 846. The first-order valence-electron chi connectivity index (χ1n) is 10.4. The SMILES string of the molecule is CN=C(NCC1CCOc2ccccc21)N1CCN(c2ccccc2OC)CC1. The molecule has 0 amide bonds. The summed E-state index contributed by atoms with van der Waals surface area (Å²) < 4.78 is 11.3. The van der Waals surface area contributed by atoms with Gasteiger partial charge >= 0.3 is 0 Å². The first-order valence-corrected chi connectivity index (χ1v) is 10.4. The summed E-state index contributed by atoms with van der Waals surface area (Å²) in [7, 11) is 3.60. The van der Waals surface area contributed by atoms with Crippen molar-refractivity contribution in [3.63, 3.8) is 0 Å². The first-order chi connectivity index (χ1) is 14.3. The van der Waals surface area contributed by atoms with E-state index in [-0.39, 0.29) is 0 Å². The zero-order valence-corrected chi connectivity index (χ0v) is 17.3. The van der Waals surface area contributed by atoms with E-state index >= 15 is 0 Å². The molecule has 0 bridgehead atoms. The number of rotatable bonds is 4. The Labute approximate surface area is 173 Å². The van der Waals surface area contributed by atoms with Gasteiger partial charge in [0.05, 0.1) is 19.4 Å². The molecule has 2 aromatic carbocycles. The molecule has 4 rings (SSSR count). The second-order valence-corrected chi connectivity index (χ2v) is 7.45. The number of nitrogens with one attached hydrogen (secondary N) is 1. The lowest BCUT2D eigenvalue weighted by Crippen LogP contribution is -2.53. The van der Waals surface area contributed by atoms with Gasteiger partial charge < -0.3 is 24.6 Å². The zero-order chi connectivity index (χ0) is 20.1. The smallest absolute Gasteiger partial charge is 0.193 e. The summed E-state index contributed by atoms with van der Waals surface area (Å²) in [5.41, 5.74) is 2.46. The summed E-state index contributed by atoms with van der Waals surface area (Å²) in [5.74, 6) is 3.38. The molecule has 6 nitrogen and oxygen atoms in total. The monoisotopic (exact) mass is 394 g/mol. The zero-order valence-electron chi connectivity index (χ0n) is 17.3. The molecule has 0 aromatic heterocycles. The fraction of sp³-hybridized carbons (Fsp3) is 0.435. The fourth-order valence-electron chi connectivity index (χ4n) is 4.22. The Morgan fingerprint density at radius 3 is 2.66 bits per heavy atom. The second kappa shape index (κ2) is 9.07. The third-order valence-electron chi connectivity index (χ3n) is 5.81. The summed E-state index contributed by atoms with van der Waals surface area (Å²) in [6, 6.07) is 16.6. The maximum atomic E-state index is 5.79. The van der Waals surface area contributed by atoms with Crippen LogP contribution in [0, 0.1) is 0 Å². The van der Waals surface area contributed by atoms with Crippen LogP contribution in [0.4, 0.5) is 5.69 Å². The lowest BCUT2D eigenvalue weighted by atomic mass is 9.93. The van der Waals surface area contributed by atoms with Crippen molar-refractivity contribution >= 4 is 11.6 Å². The molecule has 6 heteroatoms. The van der Waals surface area contributed by atoms with Crippen molar-refractivity contribution < 1.29 is 9.47 Å². The number of ether oxygens (including phenoxy) is 2. The van der Waals surface area contributed by atoms with Crippen LogP contribution in [0.2, 0.25) is 0 Å². The van der Waals surface area contributed by atoms with E-state index in [1.54, 1.807) is 7.11 Å². The average Bonchev–Trinajstić information content (AvgIpc) is 2.80. The summed E-state index contributed by atoms with van der Waals surface area (Å²) in [6.45, 7) is 5.41. The first kappa shape index (κ1) is 19.4. The van der Waals surface area contributed by atoms with Gasteiger partial charge in [-0.15, -0.1) is 0 Å². The van der Waals surface area contributed by atoms with E-state index in [4.69, 9.17) is 9.47 Å². The highest BCUT2D eigenvalue weighted by molar-refractivity contribution is 5.80. The molecular formula is C23H30N4O2. The number of aliphatic imine (C=N–C) groups is 1. The summed E-state index contributed by atoms with van der Waals surface area (Å²) in [4.78, 5) is 9.27. The number of fused-ring (bicyclic) bond motifs is 1. The molecule has 2 aromatic rings. The quantitative estimate of drug-likeness (QED) is 0.638. The molecule has 29 heavy (non-hydrogen) atoms. The van der Waals surface area contributed by atoms with E-state index in [1.807, 2.05) is 25.2 Å². The van der Waals surface area contributed by atoms with Gasteiger partial charge in [-0.25, -0.2) is 0 Å². The second-order valence-electron chi connectivity index (χ2n) is 7.45. The summed E-state index contributed by atoms with van der Waals surface area (Å²) in [6.07, 6.45) is 1.03. The number of hydrogen-bond donors (Lipinski definition) is 1. The average molecular weight is 395 g/mol. The molecule has 0 spiro atoms. The molecule has 2 aliphatic heterocycles. The molecule has 154 valence electrons. The van der Waals surface area contributed by atoms with Crippen molar-refractivity contribution in [3.05, 3.63) is 54.1 Å². The van der Waals surface area contributed by atoms with Crippen LogP contribution >= 0.6 is 0 Å². The van der Waals surface area contributed by atoms with Crippen LogP contribution in [0.15, 0.2) is 53.5 Å².